The average molecular weight is 298 g/mol. The van der Waals surface area contributed by atoms with Crippen molar-refractivity contribution < 1.29 is 13.2 Å². The van der Waals surface area contributed by atoms with Gasteiger partial charge in [0.2, 0.25) is 15.9 Å². The first-order chi connectivity index (χ1) is 9.15. The molecule has 20 heavy (non-hydrogen) atoms. The van der Waals surface area contributed by atoms with Crippen LogP contribution in [0.5, 0.6) is 0 Å². The molecule has 5 N–H and O–H groups in total. The molecule has 1 saturated heterocycles. The monoisotopic (exact) mass is 298 g/mol. The molecule has 0 spiro atoms. The lowest BCUT2D eigenvalue weighted by Gasteiger charge is -2.43. The Morgan fingerprint density at radius 3 is 2.60 bits per heavy atom. The lowest BCUT2D eigenvalue weighted by molar-refractivity contribution is -0.126. The minimum absolute atomic E-state index is 0.0674. The van der Waals surface area contributed by atoms with E-state index in [1.165, 1.54) is 6.07 Å². The van der Waals surface area contributed by atoms with E-state index in [9.17, 15) is 13.2 Å². The highest BCUT2D eigenvalue weighted by molar-refractivity contribution is 7.89. The fourth-order valence-electron chi connectivity index (χ4n) is 2.34. The molecule has 110 valence electrons. The third kappa shape index (κ3) is 2.32. The minimum atomic E-state index is -3.90. The minimum Gasteiger partial charge on any atom is -0.396 e. The van der Waals surface area contributed by atoms with Crippen molar-refractivity contribution in [3.8, 4) is 0 Å². The van der Waals surface area contributed by atoms with Crippen LogP contribution in [0.1, 0.15) is 13.8 Å². The smallest absolute Gasteiger partial charge is 0.245 e. The summed E-state index contributed by atoms with van der Waals surface area (Å²) in [6.07, 6.45) is 0. The SMILES string of the molecule is CC1(C)C(=O)NCCN1c1cccc(S(N)(=O)=O)c1N. The number of carbonyl (C=O) groups excluding carboxylic acids is 1. The maximum absolute atomic E-state index is 12.0. The van der Waals surface area contributed by atoms with Gasteiger partial charge in [0.25, 0.3) is 0 Å². The first kappa shape index (κ1) is 14.6. The van der Waals surface area contributed by atoms with E-state index in [0.29, 0.717) is 18.8 Å². The molecule has 2 rings (SSSR count). The molecular formula is C12H18N4O3S. The molecule has 0 bridgehead atoms. The van der Waals surface area contributed by atoms with Gasteiger partial charge in [-0.3, -0.25) is 4.79 Å². The fraction of sp³-hybridized carbons (Fsp3) is 0.417. The van der Waals surface area contributed by atoms with Crippen molar-refractivity contribution in [1.82, 2.24) is 5.32 Å². The number of piperazine rings is 1. The zero-order chi connectivity index (χ0) is 15.1. The predicted molar refractivity (Wildman–Crippen MR) is 76.7 cm³/mol. The second-order valence-electron chi connectivity index (χ2n) is 5.20. The third-order valence-electron chi connectivity index (χ3n) is 3.49. The fourth-order valence-corrected chi connectivity index (χ4v) is 3.02. The molecule has 0 atom stereocenters. The molecular weight excluding hydrogens is 280 g/mol. The normalized spacial score (nSPS) is 18.8. The molecule has 0 unspecified atom stereocenters. The standard InChI is InChI=1S/C12H18N4O3S/c1-12(2)11(17)15-6-7-16(12)8-4-3-5-9(10(8)13)20(14,18)19/h3-5H,6-7,13H2,1-2H3,(H,15,17)(H2,14,18,19). The Hall–Kier alpha value is -1.80. The molecule has 7 nitrogen and oxygen atoms in total. The van der Waals surface area contributed by atoms with E-state index in [2.05, 4.69) is 5.32 Å². The van der Waals surface area contributed by atoms with Crippen molar-refractivity contribution in [1.29, 1.82) is 0 Å². The van der Waals surface area contributed by atoms with Gasteiger partial charge < -0.3 is 16.0 Å². The van der Waals surface area contributed by atoms with Crippen molar-refractivity contribution >= 4 is 27.3 Å². The number of nitrogen functional groups attached to an aromatic ring is 1. The van der Waals surface area contributed by atoms with Crippen LogP contribution in [-0.4, -0.2) is 33.0 Å². The number of primary sulfonamides is 1. The number of nitrogens with zero attached hydrogens (tertiary/aromatic N) is 1. The molecule has 0 radical (unpaired) electrons. The maximum atomic E-state index is 12.0. The van der Waals surface area contributed by atoms with Crippen molar-refractivity contribution in [2.24, 2.45) is 5.14 Å². The van der Waals surface area contributed by atoms with E-state index in [1.54, 1.807) is 30.9 Å². The summed E-state index contributed by atoms with van der Waals surface area (Å²) in [5.41, 5.74) is 5.68. The highest BCUT2D eigenvalue weighted by atomic mass is 32.2. The Morgan fingerprint density at radius 1 is 1.35 bits per heavy atom. The van der Waals surface area contributed by atoms with E-state index in [4.69, 9.17) is 10.9 Å². The molecule has 0 aromatic heterocycles. The summed E-state index contributed by atoms with van der Waals surface area (Å²) in [7, 11) is -3.90. The number of sulfonamides is 1. The highest BCUT2D eigenvalue weighted by Gasteiger charge is 2.38. The van der Waals surface area contributed by atoms with Gasteiger partial charge >= 0.3 is 0 Å². The van der Waals surface area contributed by atoms with Crippen LogP contribution >= 0.6 is 0 Å². The second-order valence-corrected chi connectivity index (χ2v) is 6.73. The van der Waals surface area contributed by atoms with Gasteiger partial charge in [-0.05, 0) is 26.0 Å². The lowest BCUT2D eigenvalue weighted by Crippen LogP contribution is -2.62. The van der Waals surface area contributed by atoms with Gasteiger partial charge in [0.15, 0.2) is 0 Å². The van der Waals surface area contributed by atoms with Crippen molar-refractivity contribution in [2.45, 2.75) is 24.3 Å². The molecule has 1 amide bonds. The van der Waals surface area contributed by atoms with Crippen LogP contribution in [0, 0.1) is 0 Å². The molecule has 1 aliphatic rings. The number of benzene rings is 1. The number of nitrogens with one attached hydrogen (secondary N) is 1. The van der Waals surface area contributed by atoms with E-state index in [1.807, 2.05) is 0 Å². The van der Waals surface area contributed by atoms with Gasteiger partial charge in [-0.25, -0.2) is 13.6 Å². The summed E-state index contributed by atoms with van der Waals surface area (Å²) in [6, 6.07) is 4.60. The largest absolute Gasteiger partial charge is 0.396 e. The Balaban J connectivity index is 2.56. The van der Waals surface area contributed by atoms with Crippen molar-refractivity contribution in [3.05, 3.63) is 18.2 Å². The van der Waals surface area contributed by atoms with E-state index < -0.39 is 15.6 Å². The summed E-state index contributed by atoms with van der Waals surface area (Å²) in [6.45, 7) is 4.52. The summed E-state index contributed by atoms with van der Waals surface area (Å²) in [5, 5.41) is 7.92. The number of hydrogen-bond donors (Lipinski definition) is 3. The second kappa shape index (κ2) is 4.64. The molecule has 1 fully saturated rings. The van der Waals surface area contributed by atoms with Crippen LogP contribution in [0.25, 0.3) is 0 Å². The Labute approximate surface area is 118 Å². The predicted octanol–water partition coefficient (Wildman–Crippen LogP) is -0.369. The van der Waals surface area contributed by atoms with Gasteiger partial charge in [0, 0.05) is 13.1 Å². The Bertz CT molecular complexity index is 655. The van der Waals surface area contributed by atoms with Gasteiger partial charge in [0.1, 0.15) is 10.4 Å². The molecule has 1 aromatic carbocycles. The quantitative estimate of drug-likeness (QED) is 0.644. The number of rotatable bonds is 2. The van der Waals surface area contributed by atoms with Crippen LogP contribution in [0.2, 0.25) is 0 Å². The van der Waals surface area contributed by atoms with E-state index in [0.717, 1.165) is 0 Å². The zero-order valence-corrected chi connectivity index (χ0v) is 12.2. The molecule has 0 saturated carbocycles. The van der Waals surface area contributed by atoms with Crippen LogP contribution in [0.3, 0.4) is 0 Å². The van der Waals surface area contributed by atoms with E-state index in [-0.39, 0.29) is 16.5 Å². The first-order valence-electron chi connectivity index (χ1n) is 6.13. The number of anilines is 2. The molecule has 1 aromatic rings. The molecule has 1 heterocycles. The topological polar surface area (TPSA) is 119 Å². The maximum Gasteiger partial charge on any atom is 0.245 e. The highest BCUT2D eigenvalue weighted by Crippen LogP contribution is 2.34. The number of nitrogens with two attached hydrogens (primary N) is 2. The first-order valence-corrected chi connectivity index (χ1v) is 7.67. The Morgan fingerprint density at radius 2 is 2.00 bits per heavy atom. The molecule has 8 heteroatoms. The average Bonchev–Trinajstić information content (AvgIpc) is 2.32. The van der Waals surface area contributed by atoms with Crippen LogP contribution in [0.15, 0.2) is 23.1 Å². The summed E-state index contributed by atoms with van der Waals surface area (Å²) < 4.78 is 23.0. The molecule has 0 aliphatic carbocycles. The number of amides is 1. The van der Waals surface area contributed by atoms with Gasteiger partial charge in [0.05, 0.1) is 11.4 Å². The number of carbonyl (C=O) groups is 1. The third-order valence-corrected chi connectivity index (χ3v) is 4.46. The number of para-hydroxylation sites is 1. The van der Waals surface area contributed by atoms with Gasteiger partial charge in [-0.15, -0.1) is 0 Å². The summed E-state index contributed by atoms with van der Waals surface area (Å²) in [4.78, 5) is 13.6. The van der Waals surface area contributed by atoms with E-state index >= 15 is 0 Å². The van der Waals surface area contributed by atoms with Crippen LogP contribution < -0.4 is 21.1 Å². The van der Waals surface area contributed by atoms with Crippen molar-refractivity contribution in [2.75, 3.05) is 23.7 Å². The molecule has 1 aliphatic heterocycles. The number of hydrogen-bond acceptors (Lipinski definition) is 5. The van der Waals surface area contributed by atoms with Crippen LogP contribution in [0.4, 0.5) is 11.4 Å². The lowest BCUT2D eigenvalue weighted by atomic mass is 9.97. The summed E-state index contributed by atoms with van der Waals surface area (Å²) in [5.74, 6) is -0.135. The van der Waals surface area contributed by atoms with Crippen LogP contribution in [-0.2, 0) is 14.8 Å². The summed E-state index contributed by atoms with van der Waals surface area (Å²) >= 11 is 0. The van der Waals surface area contributed by atoms with Gasteiger partial charge in [-0.1, -0.05) is 6.07 Å². The van der Waals surface area contributed by atoms with Gasteiger partial charge in [-0.2, -0.15) is 0 Å². The zero-order valence-electron chi connectivity index (χ0n) is 11.4. The Kier molecular flexibility index (Phi) is 3.39. The van der Waals surface area contributed by atoms with Crippen molar-refractivity contribution in [3.63, 3.8) is 0 Å².